The summed E-state index contributed by atoms with van der Waals surface area (Å²) in [5.41, 5.74) is 2.02. The summed E-state index contributed by atoms with van der Waals surface area (Å²) >= 11 is 0. The van der Waals surface area contributed by atoms with Gasteiger partial charge in [-0.25, -0.2) is 4.79 Å². The van der Waals surface area contributed by atoms with E-state index in [0.29, 0.717) is 5.69 Å². The van der Waals surface area contributed by atoms with Gasteiger partial charge in [-0.3, -0.25) is 10.1 Å². The van der Waals surface area contributed by atoms with Crippen LogP contribution in [0.25, 0.3) is 0 Å². The molecule has 5 heteroatoms. The molecule has 0 aliphatic carbocycles. The monoisotopic (exact) mass is 293 g/mol. The molecule has 116 valence electrons. The van der Waals surface area contributed by atoms with Gasteiger partial charge in [0.25, 0.3) is 0 Å². The largest absolute Gasteiger partial charge is 0.481 e. The molecule has 1 aromatic rings. The second kappa shape index (κ2) is 6.61. The Bertz CT molecular complexity index is 530. The predicted molar refractivity (Wildman–Crippen MR) is 81.7 cm³/mol. The molecule has 5 nitrogen and oxygen atoms in total. The van der Waals surface area contributed by atoms with Gasteiger partial charge in [-0.05, 0) is 42.5 Å². The minimum Gasteiger partial charge on any atom is -0.481 e. The molecular weight excluding hydrogens is 270 g/mol. The number of aliphatic carboxylic acids is 1. The maximum absolute atomic E-state index is 11.6. The molecule has 2 N–H and O–H groups in total. The average molecular weight is 293 g/mol. The van der Waals surface area contributed by atoms with Gasteiger partial charge in [0.1, 0.15) is 0 Å². The summed E-state index contributed by atoms with van der Waals surface area (Å²) in [7, 11) is 0. The number of rotatable bonds is 4. The molecule has 1 rings (SSSR count). The van der Waals surface area contributed by atoms with Gasteiger partial charge >= 0.3 is 12.1 Å². The zero-order chi connectivity index (χ0) is 16.2. The standard InChI is InChI=1S/C16H23NO4/c1-10(2)21-15(20)17-12-7-6-11(8-14(18)19)13(9-12)16(3,4)5/h6-7,9-10H,8H2,1-5H3,(H,17,20)(H,18,19). The maximum Gasteiger partial charge on any atom is 0.411 e. The molecule has 0 unspecified atom stereocenters. The van der Waals surface area contributed by atoms with Crippen molar-refractivity contribution in [3.05, 3.63) is 29.3 Å². The van der Waals surface area contributed by atoms with E-state index in [9.17, 15) is 9.59 Å². The first kappa shape index (κ1) is 17.0. The van der Waals surface area contributed by atoms with Crippen LogP contribution in [-0.2, 0) is 21.4 Å². The fourth-order valence-corrected chi connectivity index (χ4v) is 2.03. The highest BCUT2D eigenvalue weighted by Crippen LogP contribution is 2.29. The Labute approximate surface area is 125 Å². The summed E-state index contributed by atoms with van der Waals surface area (Å²) in [4.78, 5) is 22.6. The lowest BCUT2D eigenvalue weighted by Gasteiger charge is -2.23. The van der Waals surface area contributed by atoms with E-state index in [-0.39, 0.29) is 17.9 Å². The van der Waals surface area contributed by atoms with Crippen LogP contribution in [0.1, 0.15) is 45.7 Å². The quantitative estimate of drug-likeness (QED) is 0.890. The van der Waals surface area contributed by atoms with E-state index < -0.39 is 12.1 Å². The van der Waals surface area contributed by atoms with Crippen molar-refractivity contribution < 1.29 is 19.4 Å². The molecule has 0 aromatic heterocycles. The Morgan fingerprint density at radius 1 is 1.29 bits per heavy atom. The number of nitrogens with one attached hydrogen (secondary N) is 1. The number of amides is 1. The van der Waals surface area contributed by atoms with Gasteiger partial charge in [0.2, 0.25) is 0 Å². The number of hydrogen-bond acceptors (Lipinski definition) is 3. The normalized spacial score (nSPS) is 11.3. The van der Waals surface area contributed by atoms with Crippen LogP contribution in [0.4, 0.5) is 10.5 Å². The second-order valence-electron chi connectivity index (χ2n) is 6.27. The lowest BCUT2D eigenvalue weighted by atomic mass is 9.82. The first-order valence-corrected chi connectivity index (χ1v) is 6.92. The Hall–Kier alpha value is -2.04. The Balaban J connectivity index is 3.04. The Kier molecular flexibility index (Phi) is 5.35. The molecule has 1 amide bonds. The van der Waals surface area contributed by atoms with Crippen LogP contribution >= 0.6 is 0 Å². The van der Waals surface area contributed by atoms with Crippen molar-refractivity contribution in [3.8, 4) is 0 Å². The van der Waals surface area contributed by atoms with Crippen molar-refractivity contribution in [2.75, 3.05) is 5.32 Å². The summed E-state index contributed by atoms with van der Waals surface area (Å²) in [6.07, 6.45) is -0.752. The third kappa shape index (κ3) is 5.45. The van der Waals surface area contributed by atoms with Crippen molar-refractivity contribution >= 4 is 17.7 Å². The van der Waals surface area contributed by atoms with Gasteiger partial charge in [0, 0.05) is 5.69 Å². The molecule has 1 aromatic carbocycles. The molecule has 0 atom stereocenters. The number of carboxylic acid groups (broad SMARTS) is 1. The van der Waals surface area contributed by atoms with Crippen molar-refractivity contribution in [3.63, 3.8) is 0 Å². The van der Waals surface area contributed by atoms with Crippen molar-refractivity contribution in [1.29, 1.82) is 0 Å². The fraction of sp³-hybridized carbons (Fsp3) is 0.500. The SMILES string of the molecule is CC(C)OC(=O)Nc1ccc(CC(=O)O)c(C(C)(C)C)c1. The summed E-state index contributed by atoms with van der Waals surface area (Å²) in [6, 6.07) is 5.23. The average Bonchev–Trinajstić information content (AvgIpc) is 2.27. The van der Waals surface area contributed by atoms with Gasteiger partial charge in [0.15, 0.2) is 0 Å². The third-order valence-electron chi connectivity index (χ3n) is 2.85. The molecule has 0 aliphatic rings. The van der Waals surface area contributed by atoms with Crippen LogP contribution < -0.4 is 5.32 Å². The van der Waals surface area contributed by atoms with Crippen LogP contribution in [0, 0.1) is 0 Å². The minimum atomic E-state index is -0.875. The van der Waals surface area contributed by atoms with Crippen LogP contribution in [0.15, 0.2) is 18.2 Å². The topological polar surface area (TPSA) is 75.6 Å². The molecule has 0 radical (unpaired) electrons. The van der Waals surface area contributed by atoms with E-state index >= 15 is 0 Å². The van der Waals surface area contributed by atoms with E-state index in [4.69, 9.17) is 9.84 Å². The highest BCUT2D eigenvalue weighted by atomic mass is 16.6. The number of carboxylic acids is 1. The molecule has 0 saturated carbocycles. The molecule has 0 bridgehead atoms. The highest BCUT2D eigenvalue weighted by molar-refractivity contribution is 5.85. The molecule has 0 spiro atoms. The van der Waals surface area contributed by atoms with Crippen molar-refractivity contribution in [2.24, 2.45) is 0 Å². The number of ether oxygens (including phenoxy) is 1. The summed E-state index contributed by atoms with van der Waals surface area (Å²) in [5.74, 6) is -0.875. The van der Waals surface area contributed by atoms with Crippen LogP contribution in [-0.4, -0.2) is 23.3 Å². The van der Waals surface area contributed by atoms with Crippen LogP contribution in [0.3, 0.4) is 0 Å². The highest BCUT2D eigenvalue weighted by Gasteiger charge is 2.20. The molecule has 0 heterocycles. The van der Waals surface area contributed by atoms with Crippen molar-refractivity contribution in [2.45, 2.75) is 52.6 Å². The number of carbonyl (C=O) groups excluding carboxylic acids is 1. The molecule has 0 saturated heterocycles. The number of carbonyl (C=O) groups is 2. The number of benzene rings is 1. The van der Waals surface area contributed by atoms with Crippen LogP contribution in [0.2, 0.25) is 0 Å². The van der Waals surface area contributed by atoms with E-state index in [1.165, 1.54) is 0 Å². The zero-order valence-electron chi connectivity index (χ0n) is 13.2. The summed E-state index contributed by atoms with van der Waals surface area (Å²) < 4.78 is 5.03. The van der Waals surface area contributed by atoms with E-state index in [0.717, 1.165) is 11.1 Å². The van der Waals surface area contributed by atoms with Gasteiger partial charge in [-0.15, -0.1) is 0 Å². The Morgan fingerprint density at radius 3 is 2.38 bits per heavy atom. The van der Waals surface area contributed by atoms with E-state index in [1.807, 2.05) is 20.8 Å². The first-order chi connectivity index (χ1) is 9.59. The van der Waals surface area contributed by atoms with Crippen molar-refractivity contribution in [1.82, 2.24) is 0 Å². The molecule has 0 fully saturated rings. The summed E-state index contributed by atoms with van der Waals surface area (Å²) in [6.45, 7) is 9.56. The van der Waals surface area contributed by atoms with Crippen LogP contribution in [0.5, 0.6) is 0 Å². The molecule has 0 aliphatic heterocycles. The first-order valence-electron chi connectivity index (χ1n) is 6.92. The smallest absolute Gasteiger partial charge is 0.411 e. The Morgan fingerprint density at radius 2 is 1.90 bits per heavy atom. The number of hydrogen-bond donors (Lipinski definition) is 2. The third-order valence-corrected chi connectivity index (χ3v) is 2.85. The fourth-order valence-electron chi connectivity index (χ4n) is 2.03. The lowest BCUT2D eigenvalue weighted by molar-refractivity contribution is -0.136. The molecular formula is C16H23NO4. The zero-order valence-corrected chi connectivity index (χ0v) is 13.2. The van der Waals surface area contributed by atoms with Gasteiger partial charge < -0.3 is 9.84 Å². The second-order valence-corrected chi connectivity index (χ2v) is 6.27. The summed E-state index contributed by atoms with van der Waals surface area (Å²) in [5, 5.41) is 11.6. The van der Waals surface area contributed by atoms with Gasteiger partial charge in [-0.1, -0.05) is 26.8 Å². The maximum atomic E-state index is 11.6. The minimum absolute atomic E-state index is 0.0384. The van der Waals surface area contributed by atoms with E-state index in [2.05, 4.69) is 5.32 Å². The van der Waals surface area contributed by atoms with Gasteiger partial charge in [0.05, 0.1) is 12.5 Å². The predicted octanol–water partition coefficient (Wildman–Crippen LogP) is 3.57. The molecule has 21 heavy (non-hydrogen) atoms. The van der Waals surface area contributed by atoms with E-state index in [1.54, 1.807) is 32.0 Å². The van der Waals surface area contributed by atoms with Gasteiger partial charge in [-0.2, -0.15) is 0 Å². The lowest BCUT2D eigenvalue weighted by Crippen LogP contribution is -2.20. The number of anilines is 1.